The van der Waals surface area contributed by atoms with Crippen molar-refractivity contribution in [2.45, 2.75) is 131 Å². The summed E-state index contributed by atoms with van der Waals surface area (Å²) in [5, 5.41) is 16.2. The summed E-state index contributed by atoms with van der Waals surface area (Å²) in [6.07, 6.45) is 3.20. The van der Waals surface area contributed by atoms with Crippen LogP contribution in [0.15, 0.2) is 24.3 Å². The first-order valence-electron chi connectivity index (χ1n) is 14.5. The predicted molar refractivity (Wildman–Crippen MR) is 156 cm³/mol. The van der Waals surface area contributed by atoms with E-state index in [0.717, 1.165) is 19.3 Å². The van der Waals surface area contributed by atoms with Gasteiger partial charge in [-0.15, -0.1) is 0 Å². The molecule has 0 radical (unpaired) electrons. The second-order valence-electron chi connectivity index (χ2n) is 12.3. The molecule has 0 bridgehead atoms. The lowest BCUT2D eigenvalue weighted by Gasteiger charge is -2.40. The fourth-order valence-corrected chi connectivity index (χ4v) is 4.55. The average Bonchev–Trinajstić information content (AvgIpc) is 2.82. The molecule has 39 heavy (non-hydrogen) atoms. The summed E-state index contributed by atoms with van der Waals surface area (Å²) >= 11 is 0. The molecule has 0 aliphatic heterocycles. The van der Waals surface area contributed by atoms with Gasteiger partial charge in [-0.05, 0) is 83.4 Å². The van der Waals surface area contributed by atoms with E-state index < -0.39 is 23.8 Å². The molecule has 0 aliphatic rings. The van der Waals surface area contributed by atoms with Crippen LogP contribution in [0.25, 0.3) is 0 Å². The van der Waals surface area contributed by atoms with Gasteiger partial charge in [-0.25, -0.2) is 4.79 Å². The Bertz CT molecular complexity index is 927. The Hall–Kier alpha value is -2.77. The zero-order valence-corrected chi connectivity index (χ0v) is 25.8. The van der Waals surface area contributed by atoms with Crippen molar-refractivity contribution in [3.05, 3.63) is 29.8 Å². The number of phenols is 1. The first kappa shape index (κ1) is 34.3. The van der Waals surface area contributed by atoms with Gasteiger partial charge in [0.2, 0.25) is 11.8 Å². The number of benzene rings is 1. The summed E-state index contributed by atoms with van der Waals surface area (Å²) in [6.45, 7) is 19.4. The number of nitrogens with one attached hydrogen (secondary N) is 2. The van der Waals surface area contributed by atoms with Gasteiger partial charge in [0.15, 0.2) is 0 Å². The van der Waals surface area contributed by atoms with Crippen molar-refractivity contribution in [2.24, 2.45) is 11.8 Å². The van der Waals surface area contributed by atoms with E-state index >= 15 is 0 Å². The molecule has 0 aromatic heterocycles. The molecule has 0 heterocycles. The normalized spacial score (nSPS) is 15.6. The molecular weight excluding hydrogens is 494 g/mol. The SMILES string of the molecule is CCCC(C)NC(=O)C(c1cccc(O)c1)N(C(=O)C(NC(=O)OC(C)(C)C)C(C)CC)C(C)CCC(C)C. The molecular formula is C31H53N3O5. The molecule has 0 saturated carbocycles. The second kappa shape index (κ2) is 15.7. The van der Waals surface area contributed by atoms with Gasteiger partial charge in [-0.2, -0.15) is 0 Å². The molecule has 5 atom stereocenters. The van der Waals surface area contributed by atoms with E-state index in [-0.39, 0.29) is 35.6 Å². The Morgan fingerprint density at radius 3 is 2.13 bits per heavy atom. The van der Waals surface area contributed by atoms with E-state index in [9.17, 15) is 19.5 Å². The van der Waals surface area contributed by atoms with Crippen LogP contribution in [-0.2, 0) is 14.3 Å². The minimum absolute atomic E-state index is 0.0134. The topological polar surface area (TPSA) is 108 Å². The largest absolute Gasteiger partial charge is 0.508 e. The lowest BCUT2D eigenvalue weighted by Crippen LogP contribution is -2.57. The molecule has 3 N–H and O–H groups in total. The predicted octanol–water partition coefficient (Wildman–Crippen LogP) is 6.33. The molecule has 8 heteroatoms. The standard InChI is InChI=1S/C31H53N3O5/c1-11-14-22(6)32-28(36)27(24-15-13-16-25(35)19-24)34(23(7)18-17-20(3)4)29(37)26(21(5)12-2)33-30(38)39-31(8,9)10/h13,15-16,19-23,26-27,35H,11-12,14,17-18H2,1-10H3,(H,32,36)(H,33,38). The quantitative estimate of drug-likeness (QED) is 0.252. The maximum Gasteiger partial charge on any atom is 0.408 e. The van der Waals surface area contributed by atoms with E-state index in [4.69, 9.17) is 4.74 Å². The third kappa shape index (κ3) is 11.5. The highest BCUT2D eigenvalue weighted by molar-refractivity contribution is 5.92. The van der Waals surface area contributed by atoms with Gasteiger partial charge in [0.1, 0.15) is 23.4 Å². The Morgan fingerprint density at radius 2 is 1.62 bits per heavy atom. The number of hydrogen-bond acceptors (Lipinski definition) is 5. The van der Waals surface area contributed by atoms with E-state index in [1.165, 1.54) is 6.07 Å². The molecule has 8 nitrogen and oxygen atoms in total. The molecule has 0 spiro atoms. The monoisotopic (exact) mass is 547 g/mol. The van der Waals surface area contributed by atoms with Crippen LogP contribution in [0.3, 0.4) is 0 Å². The fraction of sp³-hybridized carbons (Fsp3) is 0.710. The van der Waals surface area contributed by atoms with Gasteiger partial charge < -0.3 is 25.4 Å². The van der Waals surface area contributed by atoms with Gasteiger partial charge in [0.25, 0.3) is 0 Å². The number of alkyl carbamates (subject to hydrolysis) is 1. The van der Waals surface area contributed by atoms with Crippen molar-refractivity contribution in [1.82, 2.24) is 15.5 Å². The third-order valence-corrected chi connectivity index (χ3v) is 6.87. The van der Waals surface area contributed by atoms with Crippen LogP contribution >= 0.6 is 0 Å². The number of carbonyl (C=O) groups is 3. The highest BCUT2D eigenvalue weighted by Crippen LogP contribution is 2.30. The summed E-state index contributed by atoms with van der Waals surface area (Å²) in [6, 6.07) is 4.21. The highest BCUT2D eigenvalue weighted by Gasteiger charge is 2.40. The summed E-state index contributed by atoms with van der Waals surface area (Å²) in [5.41, 5.74) is -0.210. The minimum Gasteiger partial charge on any atom is -0.508 e. The van der Waals surface area contributed by atoms with Crippen LogP contribution in [0.2, 0.25) is 0 Å². The maximum absolute atomic E-state index is 14.5. The fourth-order valence-electron chi connectivity index (χ4n) is 4.55. The average molecular weight is 548 g/mol. The van der Waals surface area contributed by atoms with Crippen LogP contribution < -0.4 is 10.6 Å². The van der Waals surface area contributed by atoms with Crippen LogP contribution in [0.4, 0.5) is 4.79 Å². The Labute approximate surface area is 236 Å². The van der Waals surface area contributed by atoms with Crippen molar-refractivity contribution < 1.29 is 24.2 Å². The molecule has 5 unspecified atom stereocenters. The van der Waals surface area contributed by atoms with Crippen molar-refractivity contribution in [3.8, 4) is 5.75 Å². The van der Waals surface area contributed by atoms with Crippen molar-refractivity contribution in [2.75, 3.05) is 0 Å². The van der Waals surface area contributed by atoms with Crippen LogP contribution in [-0.4, -0.2) is 51.6 Å². The number of aromatic hydroxyl groups is 1. The third-order valence-electron chi connectivity index (χ3n) is 6.87. The molecule has 222 valence electrons. The summed E-state index contributed by atoms with van der Waals surface area (Å²) in [4.78, 5) is 42.8. The van der Waals surface area contributed by atoms with Crippen LogP contribution in [0.5, 0.6) is 5.75 Å². The zero-order chi connectivity index (χ0) is 29.9. The lowest BCUT2D eigenvalue weighted by molar-refractivity contribution is -0.146. The summed E-state index contributed by atoms with van der Waals surface area (Å²) in [5.74, 6) is -0.451. The number of phenolic OH excluding ortho intramolecular Hbond substituents is 1. The second-order valence-corrected chi connectivity index (χ2v) is 12.3. The van der Waals surface area contributed by atoms with Crippen molar-refractivity contribution in [1.29, 1.82) is 0 Å². The Morgan fingerprint density at radius 1 is 0.974 bits per heavy atom. The van der Waals surface area contributed by atoms with Gasteiger partial charge in [-0.3, -0.25) is 9.59 Å². The minimum atomic E-state index is -0.988. The van der Waals surface area contributed by atoms with E-state index in [1.807, 2.05) is 27.7 Å². The van der Waals surface area contributed by atoms with E-state index in [1.54, 1.807) is 43.9 Å². The van der Waals surface area contributed by atoms with Crippen molar-refractivity contribution >= 4 is 17.9 Å². The Kier molecular flexibility index (Phi) is 13.8. The molecule has 1 rings (SSSR count). The molecule has 1 aromatic rings. The van der Waals surface area contributed by atoms with Gasteiger partial charge in [0, 0.05) is 12.1 Å². The van der Waals surface area contributed by atoms with Crippen molar-refractivity contribution in [3.63, 3.8) is 0 Å². The lowest BCUT2D eigenvalue weighted by atomic mass is 9.93. The first-order valence-corrected chi connectivity index (χ1v) is 14.5. The molecule has 0 fully saturated rings. The smallest absolute Gasteiger partial charge is 0.408 e. The summed E-state index contributed by atoms with van der Waals surface area (Å²) in [7, 11) is 0. The molecule has 0 saturated heterocycles. The molecule has 3 amide bonds. The highest BCUT2D eigenvalue weighted by atomic mass is 16.6. The van der Waals surface area contributed by atoms with E-state index in [2.05, 4.69) is 31.4 Å². The maximum atomic E-state index is 14.5. The molecule has 0 aliphatic carbocycles. The summed E-state index contributed by atoms with van der Waals surface area (Å²) < 4.78 is 5.49. The zero-order valence-electron chi connectivity index (χ0n) is 25.8. The number of hydrogen-bond donors (Lipinski definition) is 3. The first-order chi connectivity index (χ1) is 18.1. The van der Waals surface area contributed by atoms with Gasteiger partial charge >= 0.3 is 6.09 Å². The van der Waals surface area contributed by atoms with Crippen LogP contribution in [0.1, 0.15) is 113 Å². The number of ether oxygens (including phenoxy) is 1. The number of carbonyl (C=O) groups excluding carboxylic acids is 3. The van der Waals surface area contributed by atoms with Gasteiger partial charge in [0.05, 0.1) is 0 Å². The number of rotatable bonds is 14. The van der Waals surface area contributed by atoms with Gasteiger partial charge in [-0.1, -0.05) is 59.6 Å². The number of amides is 3. The number of nitrogens with zero attached hydrogens (tertiary/aromatic N) is 1. The molecule has 1 aromatic carbocycles. The van der Waals surface area contributed by atoms with E-state index in [0.29, 0.717) is 24.3 Å². The Balaban J connectivity index is 3.66. The van der Waals surface area contributed by atoms with Crippen LogP contribution in [0, 0.1) is 11.8 Å².